The summed E-state index contributed by atoms with van der Waals surface area (Å²) in [5.41, 5.74) is 2.85. The van der Waals surface area contributed by atoms with E-state index < -0.39 is 0 Å². The molecule has 1 atom stereocenters. The molecule has 0 spiro atoms. The van der Waals surface area contributed by atoms with Crippen LogP contribution in [0.4, 0.5) is 5.69 Å². The number of hydrogen-bond donors (Lipinski definition) is 1. The summed E-state index contributed by atoms with van der Waals surface area (Å²) in [5, 5.41) is 3.47. The highest BCUT2D eigenvalue weighted by Crippen LogP contribution is 2.33. The highest BCUT2D eigenvalue weighted by Gasteiger charge is 2.18. The van der Waals surface area contributed by atoms with Crippen LogP contribution in [0.2, 0.25) is 0 Å². The molecule has 0 aliphatic carbocycles. The first-order valence-electron chi connectivity index (χ1n) is 5.75. The summed E-state index contributed by atoms with van der Waals surface area (Å²) >= 11 is 0. The number of nitrogens with zero attached hydrogens (tertiary/aromatic N) is 1. The maximum Gasteiger partial charge on any atom is 0.0375 e. The van der Waals surface area contributed by atoms with Gasteiger partial charge in [-0.15, -0.1) is 0 Å². The summed E-state index contributed by atoms with van der Waals surface area (Å²) in [4.78, 5) is 2.27. The Morgan fingerprint density at radius 3 is 2.93 bits per heavy atom. The van der Waals surface area contributed by atoms with Crippen molar-refractivity contribution in [3.05, 3.63) is 29.8 Å². The van der Waals surface area contributed by atoms with E-state index in [1.54, 1.807) is 0 Å². The molecule has 0 amide bonds. The standard InChI is InChI=1S/C13H20N2/c1-15(2)10-8-11-7-9-14-13-6-4-3-5-12(11)13/h3-6,11,14H,7-10H2,1-2H3. The van der Waals surface area contributed by atoms with Crippen LogP contribution in [0.5, 0.6) is 0 Å². The highest BCUT2D eigenvalue weighted by atomic mass is 15.0. The van der Waals surface area contributed by atoms with Crippen molar-refractivity contribution < 1.29 is 0 Å². The number of rotatable bonds is 3. The first kappa shape index (κ1) is 10.5. The predicted octanol–water partition coefficient (Wildman–Crippen LogP) is 2.54. The summed E-state index contributed by atoms with van der Waals surface area (Å²) in [5.74, 6) is 0.741. The molecule has 2 nitrogen and oxygen atoms in total. The van der Waals surface area contributed by atoms with Crippen LogP contribution in [0.25, 0.3) is 0 Å². The van der Waals surface area contributed by atoms with E-state index in [1.165, 1.54) is 30.6 Å². The molecule has 82 valence electrons. The molecule has 1 heterocycles. The molecule has 0 fully saturated rings. The van der Waals surface area contributed by atoms with Crippen molar-refractivity contribution >= 4 is 5.69 Å². The fourth-order valence-electron chi connectivity index (χ4n) is 2.26. The molecular formula is C13H20N2. The van der Waals surface area contributed by atoms with Gasteiger partial charge in [-0.2, -0.15) is 0 Å². The second-order valence-electron chi connectivity index (χ2n) is 4.59. The van der Waals surface area contributed by atoms with Crippen LogP contribution < -0.4 is 5.32 Å². The Morgan fingerprint density at radius 2 is 2.13 bits per heavy atom. The number of para-hydroxylation sites is 1. The number of hydrogen-bond acceptors (Lipinski definition) is 2. The molecule has 0 saturated heterocycles. The van der Waals surface area contributed by atoms with Crippen LogP contribution in [-0.2, 0) is 0 Å². The topological polar surface area (TPSA) is 15.3 Å². The van der Waals surface area contributed by atoms with E-state index in [9.17, 15) is 0 Å². The third kappa shape index (κ3) is 2.51. The van der Waals surface area contributed by atoms with Gasteiger partial charge in [0.05, 0.1) is 0 Å². The minimum Gasteiger partial charge on any atom is -0.385 e. The zero-order chi connectivity index (χ0) is 10.7. The average molecular weight is 204 g/mol. The van der Waals surface area contributed by atoms with E-state index in [0.29, 0.717) is 0 Å². The van der Waals surface area contributed by atoms with Gasteiger partial charge in [-0.3, -0.25) is 0 Å². The monoisotopic (exact) mass is 204 g/mol. The Labute approximate surface area is 92.3 Å². The smallest absolute Gasteiger partial charge is 0.0375 e. The number of nitrogens with one attached hydrogen (secondary N) is 1. The van der Waals surface area contributed by atoms with Crippen molar-refractivity contribution in [1.29, 1.82) is 0 Å². The molecule has 1 N–H and O–H groups in total. The van der Waals surface area contributed by atoms with Gasteiger partial charge in [-0.05, 0) is 51.0 Å². The zero-order valence-electron chi connectivity index (χ0n) is 9.66. The van der Waals surface area contributed by atoms with Crippen LogP contribution in [0, 0.1) is 0 Å². The van der Waals surface area contributed by atoms with E-state index in [-0.39, 0.29) is 0 Å². The largest absolute Gasteiger partial charge is 0.385 e. The minimum atomic E-state index is 0.741. The van der Waals surface area contributed by atoms with Crippen LogP contribution >= 0.6 is 0 Å². The number of anilines is 1. The van der Waals surface area contributed by atoms with Crippen LogP contribution in [-0.4, -0.2) is 32.1 Å². The quantitative estimate of drug-likeness (QED) is 0.814. The lowest BCUT2D eigenvalue weighted by atomic mass is 9.88. The molecule has 1 aromatic rings. The number of benzene rings is 1. The Balaban J connectivity index is 2.08. The van der Waals surface area contributed by atoms with E-state index in [4.69, 9.17) is 0 Å². The summed E-state index contributed by atoms with van der Waals surface area (Å²) in [6, 6.07) is 8.72. The van der Waals surface area contributed by atoms with Gasteiger partial charge in [0, 0.05) is 12.2 Å². The normalized spacial score (nSPS) is 19.8. The Kier molecular flexibility index (Phi) is 3.27. The van der Waals surface area contributed by atoms with E-state index in [2.05, 4.69) is 48.6 Å². The lowest BCUT2D eigenvalue weighted by Gasteiger charge is -2.27. The lowest BCUT2D eigenvalue weighted by Crippen LogP contribution is -2.21. The third-order valence-corrected chi connectivity index (χ3v) is 3.13. The van der Waals surface area contributed by atoms with Gasteiger partial charge in [0.25, 0.3) is 0 Å². The van der Waals surface area contributed by atoms with Crippen LogP contribution in [0.15, 0.2) is 24.3 Å². The first-order chi connectivity index (χ1) is 7.27. The zero-order valence-corrected chi connectivity index (χ0v) is 9.66. The fourth-order valence-corrected chi connectivity index (χ4v) is 2.26. The molecular weight excluding hydrogens is 184 g/mol. The molecule has 15 heavy (non-hydrogen) atoms. The Morgan fingerprint density at radius 1 is 1.33 bits per heavy atom. The van der Waals surface area contributed by atoms with Gasteiger partial charge in [0.2, 0.25) is 0 Å². The van der Waals surface area contributed by atoms with Crippen molar-refractivity contribution in [3.63, 3.8) is 0 Å². The van der Waals surface area contributed by atoms with Gasteiger partial charge >= 0.3 is 0 Å². The number of fused-ring (bicyclic) bond motifs is 1. The van der Waals surface area contributed by atoms with Crippen molar-refractivity contribution in [3.8, 4) is 0 Å². The van der Waals surface area contributed by atoms with Gasteiger partial charge < -0.3 is 10.2 Å². The van der Waals surface area contributed by atoms with Crippen molar-refractivity contribution in [1.82, 2.24) is 4.90 Å². The molecule has 1 unspecified atom stereocenters. The van der Waals surface area contributed by atoms with Crippen molar-refractivity contribution in [2.45, 2.75) is 18.8 Å². The second kappa shape index (κ2) is 4.67. The summed E-state index contributed by atoms with van der Waals surface area (Å²) in [6.07, 6.45) is 2.54. The van der Waals surface area contributed by atoms with Crippen LogP contribution in [0.1, 0.15) is 24.3 Å². The fraction of sp³-hybridized carbons (Fsp3) is 0.538. The molecule has 2 heteroatoms. The van der Waals surface area contributed by atoms with Gasteiger partial charge in [-0.25, -0.2) is 0 Å². The SMILES string of the molecule is CN(C)CCC1CCNc2ccccc21. The molecule has 0 radical (unpaired) electrons. The molecule has 1 aromatic carbocycles. The predicted molar refractivity (Wildman–Crippen MR) is 65.5 cm³/mol. The first-order valence-corrected chi connectivity index (χ1v) is 5.75. The maximum atomic E-state index is 3.47. The van der Waals surface area contributed by atoms with Crippen molar-refractivity contribution in [2.24, 2.45) is 0 Å². The van der Waals surface area contributed by atoms with E-state index >= 15 is 0 Å². The Bertz CT molecular complexity index is 320. The second-order valence-corrected chi connectivity index (χ2v) is 4.59. The van der Waals surface area contributed by atoms with E-state index in [1.807, 2.05) is 0 Å². The molecule has 0 aromatic heterocycles. The molecule has 0 saturated carbocycles. The summed E-state index contributed by atoms with van der Waals surface area (Å²) < 4.78 is 0. The van der Waals surface area contributed by atoms with Gasteiger partial charge in [-0.1, -0.05) is 18.2 Å². The van der Waals surface area contributed by atoms with E-state index in [0.717, 1.165) is 12.5 Å². The lowest BCUT2D eigenvalue weighted by molar-refractivity contribution is 0.375. The highest BCUT2D eigenvalue weighted by molar-refractivity contribution is 5.54. The maximum absolute atomic E-state index is 3.47. The van der Waals surface area contributed by atoms with Gasteiger partial charge in [0.15, 0.2) is 0 Å². The van der Waals surface area contributed by atoms with Gasteiger partial charge in [0.1, 0.15) is 0 Å². The average Bonchev–Trinajstić information content (AvgIpc) is 2.26. The molecule has 1 aliphatic heterocycles. The Hall–Kier alpha value is -1.02. The summed E-state index contributed by atoms with van der Waals surface area (Å²) in [7, 11) is 4.29. The minimum absolute atomic E-state index is 0.741. The van der Waals surface area contributed by atoms with Crippen molar-refractivity contribution in [2.75, 3.05) is 32.5 Å². The molecule has 0 bridgehead atoms. The van der Waals surface area contributed by atoms with Crippen LogP contribution in [0.3, 0.4) is 0 Å². The summed E-state index contributed by atoms with van der Waals surface area (Å²) in [6.45, 7) is 2.30. The third-order valence-electron chi connectivity index (χ3n) is 3.13. The molecule has 2 rings (SSSR count). The molecule has 1 aliphatic rings.